The van der Waals surface area contributed by atoms with Crippen molar-refractivity contribution in [3.63, 3.8) is 0 Å². The van der Waals surface area contributed by atoms with Crippen LogP contribution in [-0.4, -0.2) is 56.7 Å². The first kappa shape index (κ1) is 16.3. The second-order valence-electron chi connectivity index (χ2n) is 5.28. The number of rotatable bonds is 5. The lowest BCUT2D eigenvalue weighted by atomic mass is 9.91. The maximum absolute atomic E-state index is 12.4. The molecular weight excluding hydrogens is 266 g/mol. The fourth-order valence-corrected chi connectivity index (χ4v) is 3.25. The molecule has 1 fully saturated rings. The molecule has 0 radical (unpaired) electrons. The summed E-state index contributed by atoms with van der Waals surface area (Å²) in [5.74, 6) is -0.00318. The molecule has 1 aliphatic rings. The van der Waals surface area contributed by atoms with Crippen molar-refractivity contribution in [2.24, 2.45) is 5.92 Å². The Kier molecular flexibility index (Phi) is 5.67. The van der Waals surface area contributed by atoms with E-state index in [0.29, 0.717) is 13.1 Å². The second kappa shape index (κ2) is 6.61. The summed E-state index contributed by atoms with van der Waals surface area (Å²) in [5.41, 5.74) is -1.66. The zero-order chi connectivity index (χ0) is 14.6. The van der Waals surface area contributed by atoms with Gasteiger partial charge in [0.05, 0.1) is 5.25 Å². The van der Waals surface area contributed by atoms with Gasteiger partial charge in [0, 0.05) is 25.9 Å². The Morgan fingerprint density at radius 1 is 1.32 bits per heavy atom. The predicted molar refractivity (Wildman–Crippen MR) is 75.2 cm³/mol. The summed E-state index contributed by atoms with van der Waals surface area (Å²) in [7, 11) is 0. The van der Waals surface area contributed by atoms with Crippen molar-refractivity contribution < 1.29 is 19.8 Å². The number of hydrogen-bond donors (Lipinski definition) is 2. The van der Waals surface area contributed by atoms with Crippen LogP contribution in [0.1, 0.15) is 33.6 Å². The van der Waals surface area contributed by atoms with Crippen molar-refractivity contribution in [1.82, 2.24) is 4.90 Å². The fourth-order valence-electron chi connectivity index (χ4n) is 2.22. The third kappa shape index (κ3) is 3.86. The average Bonchev–Trinajstić information content (AvgIpc) is 2.35. The van der Waals surface area contributed by atoms with E-state index in [-0.39, 0.29) is 29.9 Å². The van der Waals surface area contributed by atoms with E-state index in [1.54, 1.807) is 16.7 Å². The number of carbonyl (C=O) groups is 2. The van der Waals surface area contributed by atoms with Crippen molar-refractivity contribution in [1.29, 1.82) is 0 Å². The molecule has 0 spiro atoms. The van der Waals surface area contributed by atoms with Gasteiger partial charge in [0.2, 0.25) is 5.91 Å². The van der Waals surface area contributed by atoms with Gasteiger partial charge in [-0.05, 0) is 11.7 Å². The normalized spacial score (nSPS) is 20.4. The molecule has 19 heavy (non-hydrogen) atoms. The molecular formula is C13H23NO4S. The summed E-state index contributed by atoms with van der Waals surface area (Å²) in [5, 5.41) is 18.7. The topological polar surface area (TPSA) is 77.8 Å². The molecule has 2 N–H and O–H groups in total. The second-order valence-corrected chi connectivity index (χ2v) is 6.70. The van der Waals surface area contributed by atoms with Gasteiger partial charge >= 0.3 is 5.97 Å². The summed E-state index contributed by atoms with van der Waals surface area (Å²) < 4.78 is 0. The van der Waals surface area contributed by atoms with Gasteiger partial charge in [0.1, 0.15) is 0 Å². The van der Waals surface area contributed by atoms with Gasteiger partial charge in [-0.2, -0.15) is 0 Å². The highest BCUT2D eigenvalue weighted by atomic mass is 32.2. The molecule has 1 amide bonds. The van der Waals surface area contributed by atoms with Gasteiger partial charge in [-0.1, -0.05) is 20.8 Å². The Morgan fingerprint density at radius 2 is 1.84 bits per heavy atom. The van der Waals surface area contributed by atoms with Crippen LogP contribution in [0.3, 0.4) is 0 Å². The standard InChI is InChI=1S/C13H23NO4S/c1-4-19-10(9(2)3)11(15)14-7-5-13(18,6-8-14)12(16)17/h9-10,18H,4-8H2,1-3H3,(H,16,17). The maximum atomic E-state index is 12.4. The Bertz CT molecular complexity index is 338. The van der Waals surface area contributed by atoms with Gasteiger partial charge in [-0.3, -0.25) is 4.79 Å². The minimum absolute atomic E-state index is 0.0642. The van der Waals surface area contributed by atoms with E-state index in [1.165, 1.54) is 0 Å². The number of carboxylic acids is 1. The SMILES string of the molecule is CCSC(C(=O)N1CCC(O)(C(=O)O)CC1)C(C)C. The number of thioether (sulfide) groups is 1. The van der Waals surface area contributed by atoms with E-state index in [1.807, 2.05) is 20.8 Å². The molecule has 1 saturated heterocycles. The summed E-state index contributed by atoms with van der Waals surface area (Å²) in [4.78, 5) is 25.0. The molecule has 0 aromatic carbocycles. The lowest BCUT2D eigenvalue weighted by Crippen LogP contribution is -2.52. The number of amides is 1. The minimum atomic E-state index is -1.66. The van der Waals surface area contributed by atoms with Gasteiger partial charge in [-0.25, -0.2) is 4.79 Å². The van der Waals surface area contributed by atoms with Crippen LogP contribution in [0, 0.1) is 5.92 Å². The summed E-state index contributed by atoms with van der Waals surface area (Å²) in [6.07, 6.45) is 0.214. The number of carboxylic acid groups (broad SMARTS) is 1. The highest BCUT2D eigenvalue weighted by molar-refractivity contribution is 8.00. The van der Waals surface area contributed by atoms with Crippen LogP contribution >= 0.6 is 11.8 Å². The van der Waals surface area contributed by atoms with E-state index in [0.717, 1.165) is 5.75 Å². The summed E-state index contributed by atoms with van der Waals surface area (Å²) in [6.45, 7) is 6.68. The number of hydrogen-bond acceptors (Lipinski definition) is 4. The average molecular weight is 289 g/mol. The third-order valence-corrected chi connectivity index (χ3v) is 4.93. The van der Waals surface area contributed by atoms with E-state index < -0.39 is 11.6 Å². The van der Waals surface area contributed by atoms with Crippen molar-refractivity contribution in [3.05, 3.63) is 0 Å². The van der Waals surface area contributed by atoms with Crippen LogP contribution in [0.15, 0.2) is 0 Å². The lowest BCUT2D eigenvalue weighted by molar-refractivity contribution is -0.165. The van der Waals surface area contributed by atoms with Crippen LogP contribution in [0.5, 0.6) is 0 Å². The molecule has 1 rings (SSSR count). The largest absolute Gasteiger partial charge is 0.479 e. The van der Waals surface area contributed by atoms with Crippen LogP contribution in [0.4, 0.5) is 0 Å². The molecule has 1 atom stereocenters. The lowest BCUT2D eigenvalue weighted by Gasteiger charge is -2.37. The molecule has 1 aliphatic heterocycles. The molecule has 0 saturated carbocycles. The monoisotopic (exact) mass is 289 g/mol. The van der Waals surface area contributed by atoms with E-state index in [2.05, 4.69) is 0 Å². The van der Waals surface area contributed by atoms with Crippen LogP contribution in [0.25, 0.3) is 0 Å². The van der Waals surface area contributed by atoms with Crippen molar-refractivity contribution in [3.8, 4) is 0 Å². The van der Waals surface area contributed by atoms with Gasteiger partial charge in [-0.15, -0.1) is 11.8 Å². The first-order chi connectivity index (χ1) is 8.81. The number of aliphatic hydroxyl groups is 1. The van der Waals surface area contributed by atoms with Crippen molar-refractivity contribution in [2.45, 2.75) is 44.5 Å². The van der Waals surface area contributed by atoms with Gasteiger partial charge in [0.15, 0.2) is 5.60 Å². The van der Waals surface area contributed by atoms with Crippen molar-refractivity contribution >= 4 is 23.6 Å². The van der Waals surface area contributed by atoms with Crippen molar-refractivity contribution in [2.75, 3.05) is 18.8 Å². The Morgan fingerprint density at radius 3 is 2.21 bits per heavy atom. The zero-order valence-corrected chi connectivity index (χ0v) is 12.6. The van der Waals surface area contributed by atoms with Crippen LogP contribution in [0.2, 0.25) is 0 Å². The Hall–Kier alpha value is -0.750. The highest BCUT2D eigenvalue weighted by Crippen LogP contribution is 2.27. The van der Waals surface area contributed by atoms with Crippen LogP contribution < -0.4 is 0 Å². The molecule has 0 bridgehead atoms. The molecule has 110 valence electrons. The smallest absolute Gasteiger partial charge is 0.335 e. The van der Waals surface area contributed by atoms with Crippen LogP contribution in [-0.2, 0) is 9.59 Å². The van der Waals surface area contributed by atoms with E-state index in [4.69, 9.17) is 5.11 Å². The zero-order valence-electron chi connectivity index (χ0n) is 11.8. The Labute approximate surface area is 118 Å². The number of carbonyl (C=O) groups excluding carboxylic acids is 1. The molecule has 1 heterocycles. The Balaban J connectivity index is 2.64. The van der Waals surface area contributed by atoms with E-state index in [9.17, 15) is 14.7 Å². The first-order valence-corrected chi connectivity index (χ1v) is 7.73. The highest BCUT2D eigenvalue weighted by Gasteiger charge is 2.41. The summed E-state index contributed by atoms with van der Waals surface area (Å²) in [6, 6.07) is 0. The van der Waals surface area contributed by atoms with E-state index >= 15 is 0 Å². The number of nitrogens with zero attached hydrogens (tertiary/aromatic N) is 1. The molecule has 5 nitrogen and oxygen atoms in total. The fraction of sp³-hybridized carbons (Fsp3) is 0.846. The minimum Gasteiger partial charge on any atom is -0.479 e. The summed E-state index contributed by atoms with van der Waals surface area (Å²) >= 11 is 1.62. The molecule has 1 unspecified atom stereocenters. The molecule has 0 aliphatic carbocycles. The predicted octanol–water partition coefficient (Wildman–Crippen LogP) is 1.20. The third-order valence-electron chi connectivity index (χ3n) is 3.50. The number of aliphatic carboxylic acids is 1. The number of likely N-dealkylation sites (tertiary alicyclic amines) is 1. The molecule has 0 aromatic rings. The quantitative estimate of drug-likeness (QED) is 0.795. The van der Waals surface area contributed by atoms with Gasteiger partial charge < -0.3 is 15.1 Å². The number of piperidine rings is 1. The molecule has 6 heteroatoms. The van der Waals surface area contributed by atoms with Gasteiger partial charge in [0.25, 0.3) is 0 Å². The first-order valence-electron chi connectivity index (χ1n) is 6.68. The molecule has 0 aromatic heterocycles. The maximum Gasteiger partial charge on any atom is 0.335 e.